The number of benzene rings is 2. The fourth-order valence-electron chi connectivity index (χ4n) is 2.23. The topological polar surface area (TPSA) is 25.8 Å². The number of halogens is 1. The molecular formula is C18H11ClN2S2. The summed E-state index contributed by atoms with van der Waals surface area (Å²) in [7, 11) is 0. The third-order valence-corrected chi connectivity index (χ3v) is 5.40. The SMILES string of the molecule is Clc1ccc(-c2nc(-c3nc(-c4ccccc4)cs3)cs2)cc1. The summed E-state index contributed by atoms with van der Waals surface area (Å²) in [6.07, 6.45) is 0. The van der Waals surface area contributed by atoms with Gasteiger partial charge in [0.2, 0.25) is 0 Å². The molecule has 0 radical (unpaired) electrons. The Balaban J connectivity index is 1.65. The first-order chi connectivity index (χ1) is 11.3. The van der Waals surface area contributed by atoms with Gasteiger partial charge in [0, 0.05) is 26.9 Å². The van der Waals surface area contributed by atoms with E-state index in [1.807, 2.05) is 42.5 Å². The van der Waals surface area contributed by atoms with Crippen molar-refractivity contribution in [3.63, 3.8) is 0 Å². The third-order valence-electron chi connectivity index (χ3n) is 3.39. The summed E-state index contributed by atoms with van der Waals surface area (Å²) in [6, 6.07) is 17.9. The van der Waals surface area contributed by atoms with E-state index < -0.39 is 0 Å². The lowest BCUT2D eigenvalue weighted by Crippen LogP contribution is -1.80. The van der Waals surface area contributed by atoms with Gasteiger partial charge < -0.3 is 0 Å². The highest BCUT2D eigenvalue weighted by atomic mass is 35.5. The first kappa shape index (κ1) is 14.6. The van der Waals surface area contributed by atoms with Gasteiger partial charge in [0.1, 0.15) is 15.7 Å². The van der Waals surface area contributed by atoms with Gasteiger partial charge in [-0.05, 0) is 12.1 Å². The van der Waals surface area contributed by atoms with E-state index in [1.165, 1.54) is 0 Å². The second-order valence-corrected chi connectivity index (χ2v) is 7.10. The van der Waals surface area contributed by atoms with Crippen molar-refractivity contribution in [2.24, 2.45) is 0 Å². The van der Waals surface area contributed by atoms with Crippen LogP contribution in [0.3, 0.4) is 0 Å². The van der Waals surface area contributed by atoms with Gasteiger partial charge in [-0.15, -0.1) is 22.7 Å². The zero-order valence-electron chi connectivity index (χ0n) is 11.9. The molecule has 0 aliphatic rings. The van der Waals surface area contributed by atoms with E-state index in [-0.39, 0.29) is 0 Å². The van der Waals surface area contributed by atoms with Crippen LogP contribution in [-0.2, 0) is 0 Å². The highest BCUT2D eigenvalue weighted by molar-refractivity contribution is 7.15. The van der Waals surface area contributed by atoms with Crippen LogP contribution in [0.15, 0.2) is 65.4 Å². The molecule has 0 fully saturated rings. The minimum absolute atomic E-state index is 0.734. The number of nitrogens with zero attached hydrogens (tertiary/aromatic N) is 2. The van der Waals surface area contributed by atoms with Gasteiger partial charge in [0.25, 0.3) is 0 Å². The number of rotatable bonds is 3. The quantitative estimate of drug-likeness (QED) is 0.434. The Morgan fingerprint density at radius 2 is 1.30 bits per heavy atom. The molecule has 2 aromatic carbocycles. The van der Waals surface area contributed by atoms with Gasteiger partial charge in [-0.3, -0.25) is 0 Å². The molecule has 0 saturated heterocycles. The molecule has 0 unspecified atom stereocenters. The highest BCUT2D eigenvalue weighted by Crippen LogP contribution is 2.33. The van der Waals surface area contributed by atoms with Gasteiger partial charge in [0.15, 0.2) is 0 Å². The Morgan fingerprint density at radius 3 is 2.09 bits per heavy atom. The molecule has 0 aliphatic heterocycles. The molecule has 2 nitrogen and oxygen atoms in total. The normalized spacial score (nSPS) is 10.8. The summed E-state index contributed by atoms with van der Waals surface area (Å²) in [5, 5.41) is 6.79. The fraction of sp³-hybridized carbons (Fsp3) is 0. The van der Waals surface area contributed by atoms with E-state index in [2.05, 4.69) is 22.9 Å². The van der Waals surface area contributed by atoms with Gasteiger partial charge in [-0.1, -0.05) is 54.1 Å². The number of hydrogen-bond donors (Lipinski definition) is 0. The summed E-state index contributed by atoms with van der Waals surface area (Å²) in [6.45, 7) is 0. The molecule has 4 aromatic rings. The molecule has 2 aromatic heterocycles. The standard InChI is InChI=1S/C18H11ClN2S2/c19-14-8-6-13(7-9-14)17-21-16(11-22-17)18-20-15(10-23-18)12-4-2-1-3-5-12/h1-11H. The lowest BCUT2D eigenvalue weighted by Gasteiger charge is -1.96. The average Bonchev–Trinajstić information content (AvgIpc) is 3.26. The maximum absolute atomic E-state index is 5.94. The highest BCUT2D eigenvalue weighted by Gasteiger charge is 2.11. The summed E-state index contributed by atoms with van der Waals surface area (Å²) in [5.41, 5.74) is 4.12. The van der Waals surface area contributed by atoms with Crippen LogP contribution in [0.2, 0.25) is 5.02 Å². The number of thiazole rings is 2. The monoisotopic (exact) mass is 354 g/mol. The smallest absolute Gasteiger partial charge is 0.143 e. The lowest BCUT2D eigenvalue weighted by atomic mass is 10.2. The van der Waals surface area contributed by atoms with E-state index in [1.54, 1.807) is 22.7 Å². The van der Waals surface area contributed by atoms with Gasteiger partial charge in [0.05, 0.1) is 5.69 Å². The van der Waals surface area contributed by atoms with Crippen molar-refractivity contribution in [2.75, 3.05) is 0 Å². The molecule has 23 heavy (non-hydrogen) atoms. The molecule has 4 rings (SSSR count). The van der Waals surface area contributed by atoms with Crippen LogP contribution in [0.25, 0.3) is 32.5 Å². The van der Waals surface area contributed by atoms with Gasteiger partial charge >= 0.3 is 0 Å². The predicted octanol–water partition coefficient (Wildman–Crippen LogP) is 6.25. The Morgan fingerprint density at radius 1 is 0.652 bits per heavy atom. The minimum Gasteiger partial charge on any atom is -0.234 e. The first-order valence-electron chi connectivity index (χ1n) is 7.02. The molecule has 5 heteroatoms. The maximum Gasteiger partial charge on any atom is 0.143 e. The molecular weight excluding hydrogens is 344 g/mol. The summed E-state index contributed by atoms with van der Waals surface area (Å²) in [5.74, 6) is 0. The molecule has 0 bridgehead atoms. The van der Waals surface area contributed by atoms with Crippen LogP contribution < -0.4 is 0 Å². The van der Waals surface area contributed by atoms with Crippen LogP contribution in [-0.4, -0.2) is 9.97 Å². The lowest BCUT2D eigenvalue weighted by molar-refractivity contribution is 1.34. The van der Waals surface area contributed by atoms with E-state index in [0.29, 0.717) is 0 Å². The van der Waals surface area contributed by atoms with Crippen LogP contribution >= 0.6 is 34.3 Å². The maximum atomic E-state index is 5.94. The largest absolute Gasteiger partial charge is 0.234 e. The summed E-state index contributed by atoms with van der Waals surface area (Å²) < 4.78 is 0. The molecule has 0 amide bonds. The summed E-state index contributed by atoms with van der Waals surface area (Å²) >= 11 is 9.18. The Labute approximate surface area is 147 Å². The van der Waals surface area contributed by atoms with E-state index >= 15 is 0 Å². The van der Waals surface area contributed by atoms with E-state index in [9.17, 15) is 0 Å². The van der Waals surface area contributed by atoms with Crippen LogP contribution in [0, 0.1) is 0 Å². The Bertz CT molecular complexity index is 927. The third kappa shape index (κ3) is 3.06. The van der Waals surface area contributed by atoms with E-state index in [0.717, 1.165) is 37.6 Å². The van der Waals surface area contributed by atoms with Crippen LogP contribution in [0.4, 0.5) is 0 Å². The van der Waals surface area contributed by atoms with Crippen molar-refractivity contribution >= 4 is 34.3 Å². The zero-order valence-corrected chi connectivity index (χ0v) is 14.3. The van der Waals surface area contributed by atoms with Crippen molar-refractivity contribution < 1.29 is 0 Å². The zero-order chi connectivity index (χ0) is 15.6. The van der Waals surface area contributed by atoms with Crippen LogP contribution in [0.1, 0.15) is 0 Å². The van der Waals surface area contributed by atoms with Gasteiger partial charge in [-0.25, -0.2) is 9.97 Å². The molecule has 0 N–H and O–H groups in total. The van der Waals surface area contributed by atoms with Crippen molar-refractivity contribution in [2.45, 2.75) is 0 Å². The molecule has 2 heterocycles. The minimum atomic E-state index is 0.734. The van der Waals surface area contributed by atoms with Gasteiger partial charge in [-0.2, -0.15) is 0 Å². The molecule has 0 spiro atoms. The second kappa shape index (κ2) is 6.24. The second-order valence-electron chi connectivity index (χ2n) is 4.95. The average molecular weight is 355 g/mol. The fourth-order valence-corrected chi connectivity index (χ4v) is 4.03. The van der Waals surface area contributed by atoms with Crippen molar-refractivity contribution in [3.05, 3.63) is 70.4 Å². The van der Waals surface area contributed by atoms with Crippen molar-refractivity contribution in [1.82, 2.24) is 9.97 Å². The summed E-state index contributed by atoms with van der Waals surface area (Å²) in [4.78, 5) is 9.42. The van der Waals surface area contributed by atoms with Crippen molar-refractivity contribution in [3.8, 4) is 32.5 Å². The predicted molar refractivity (Wildman–Crippen MR) is 99.1 cm³/mol. The molecule has 0 atom stereocenters. The Hall–Kier alpha value is -2.01. The molecule has 112 valence electrons. The number of hydrogen-bond acceptors (Lipinski definition) is 4. The van der Waals surface area contributed by atoms with E-state index in [4.69, 9.17) is 21.6 Å². The van der Waals surface area contributed by atoms with Crippen molar-refractivity contribution in [1.29, 1.82) is 0 Å². The van der Waals surface area contributed by atoms with Crippen LogP contribution in [0.5, 0.6) is 0 Å². The molecule has 0 saturated carbocycles. The Kier molecular flexibility index (Phi) is 3.95. The first-order valence-corrected chi connectivity index (χ1v) is 9.16. The molecule has 0 aliphatic carbocycles. The number of aromatic nitrogens is 2.